The molecule has 39 heavy (non-hydrogen) atoms. The van der Waals surface area contributed by atoms with Crippen molar-refractivity contribution in [3.8, 4) is 0 Å². The molecule has 1 aliphatic rings. The minimum absolute atomic E-state index is 0.0773. The lowest BCUT2D eigenvalue weighted by Crippen LogP contribution is -2.45. The summed E-state index contributed by atoms with van der Waals surface area (Å²) in [4.78, 5) is 29.0. The van der Waals surface area contributed by atoms with Crippen LogP contribution in [0.1, 0.15) is 5.56 Å². The molecule has 0 aliphatic carbocycles. The van der Waals surface area contributed by atoms with Gasteiger partial charge in [0.25, 0.3) is 5.69 Å². The van der Waals surface area contributed by atoms with E-state index in [1.807, 2.05) is 36.4 Å². The normalized spacial score (nSPS) is 14.7. The summed E-state index contributed by atoms with van der Waals surface area (Å²) in [5.41, 5.74) is 2.92. The molecule has 5 rings (SSSR count). The zero-order valence-corrected chi connectivity index (χ0v) is 21.7. The van der Waals surface area contributed by atoms with Gasteiger partial charge in [-0.1, -0.05) is 18.2 Å². The van der Waals surface area contributed by atoms with Gasteiger partial charge in [-0.2, -0.15) is 4.72 Å². The van der Waals surface area contributed by atoms with Crippen molar-refractivity contribution in [1.29, 1.82) is 0 Å². The third-order valence-electron chi connectivity index (χ3n) is 6.58. The van der Waals surface area contributed by atoms with E-state index in [4.69, 9.17) is 4.74 Å². The van der Waals surface area contributed by atoms with Crippen molar-refractivity contribution in [3.05, 3.63) is 94.7 Å². The molecule has 202 valence electrons. The van der Waals surface area contributed by atoms with Crippen molar-refractivity contribution < 1.29 is 22.9 Å². The molecular formula is C27H27N5O6S. The third kappa shape index (κ3) is 6.08. The number of sulfonamides is 1. The molecule has 1 fully saturated rings. The molecule has 0 spiro atoms. The number of nitro benzene ring substituents is 1. The number of nitrogens with one attached hydrogen (secondary N) is 3. The van der Waals surface area contributed by atoms with Crippen LogP contribution in [0.4, 0.5) is 17.1 Å². The number of ether oxygens (including phenoxy) is 1. The van der Waals surface area contributed by atoms with Crippen LogP contribution in [0.15, 0.2) is 83.9 Å². The Hall–Kier alpha value is -4.26. The predicted octanol–water partition coefficient (Wildman–Crippen LogP) is 3.44. The summed E-state index contributed by atoms with van der Waals surface area (Å²) in [7, 11) is -4.18. The number of carbonyl (C=O) groups is 1. The fourth-order valence-corrected chi connectivity index (χ4v) is 5.71. The minimum atomic E-state index is -4.18. The van der Waals surface area contributed by atoms with Gasteiger partial charge in [-0.25, -0.2) is 8.42 Å². The van der Waals surface area contributed by atoms with Gasteiger partial charge in [0.15, 0.2) is 0 Å². The van der Waals surface area contributed by atoms with Crippen molar-refractivity contribution in [2.75, 3.05) is 36.5 Å². The summed E-state index contributed by atoms with van der Waals surface area (Å²) >= 11 is 0. The SMILES string of the molecule is O=C(Nc1ccc(N2CCOCC2)cc1)C(Cc1c[nH]c2ccccc12)NS(=O)(=O)c1ccc([N+](=O)[O-])cc1. The van der Waals surface area contributed by atoms with Crippen molar-refractivity contribution in [3.63, 3.8) is 0 Å². The topological polar surface area (TPSA) is 147 Å². The lowest BCUT2D eigenvalue weighted by Gasteiger charge is -2.29. The number of para-hydroxylation sites is 1. The Kier molecular flexibility index (Phi) is 7.59. The van der Waals surface area contributed by atoms with Gasteiger partial charge in [-0.3, -0.25) is 14.9 Å². The fourth-order valence-electron chi connectivity index (χ4n) is 4.52. The second-order valence-electron chi connectivity index (χ2n) is 9.12. The van der Waals surface area contributed by atoms with Crippen molar-refractivity contribution in [1.82, 2.24) is 9.71 Å². The molecule has 0 radical (unpaired) electrons. The van der Waals surface area contributed by atoms with Gasteiger partial charge in [0.2, 0.25) is 15.9 Å². The number of hydrogen-bond acceptors (Lipinski definition) is 7. The van der Waals surface area contributed by atoms with E-state index in [0.717, 1.165) is 59.5 Å². The second-order valence-corrected chi connectivity index (χ2v) is 10.8. The van der Waals surface area contributed by atoms with E-state index in [9.17, 15) is 23.3 Å². The number of aromatic amines is 1. The molecular weight excluding hydrogens is 522 g/mol. The summed E-state index contributed by atoms with van der Waals surface area (Å²) < 4.78 is 34.3. The summed E-state index contributed by atoms with van der Waals surface area (Å²) in [5, 5.41) is 14.7. The average molecular weight is 550 g/mol. The molecule has 0 bridgehead atoms. The highest BCUT2D eigenvalue weighted by Crippen LogP contribution is 2.23. The maximum absolute atomic E-state index is 13.4. The van der Waals surface area contributed by atoms with Crippen LogP contribution >= 0.6 is 0 Å². The number of amides is 1. The molecule has 1 unspecified atom stereocenters. The number of non-ortho nitro benzene ring substituents is 1. The van der Waals surface area contributed by atoms with Crippen LogP contribution in [0.25, 0.3) is 10.9 Å². The van der Waals surface area contributed by atoms with Gasteiger partial charge in [0.1, 0.15) is 6.04 Å². The first-order valence-electron chi connectivity index (χ1n) is 12.4. The predicted molar refractivity (Wildman–Crippen MR) is 147 cm³/mol. The highest BCUT2D eigenvalue weighted by molar-refractivity contribution is 7.89. The molecule has 3 N–H and O–H groups in total. The number of rotatable bonds is 9. The summed E-state index contributed by atoms with van der Waals surface area (Å²) in [6.07, 6.45) is 1.83. The molecule has 0 saturated carbocycles. The molecule has 11 nitrogen and oxygen atoms in total. The number of anilines is 2. The fraction of sp³-hybridized carbons (Fsp3) is 0.222. The Morgan fingerprint density at radius 3 is 2.41 bits per heavy atom. The number of nitro groups is 1. The highest BCUT2D eigenvalue weighted by Gasteiger charge is 2.28. The number of benzene rings is 3. The van der Waals surface area contributed by atoms with Crippen LogP contribution in [0.3, 0.4) is 0 Å². The van der Waals surface area contributed by atoms with E-state index >= 15 is 0 Å². The number of hydrogen-bond donors (Lipinski definition) is 3. The number of H-pyrrole nitrogens is 1. The average Bonchev–Trinajstić information content (AvgIpc) is 3.36. The first kappa shape index (κ1) is 26.4. The first-order valence-corrected chi connectivity index (χ1v) is 13.8. The summed E-state index contributed by atoms with van der Waals surface area (Å²) in [6, 6.07) is 18.2. The van der Waals surface area contributed by atoms with Gasteiger partial charge >= 0.3 is 0 Å². The monoisotopic (exact) mass is 549 g/mol. The lowest BCUT2D eigenvalue weighted by atomic mass is 10.0. The van der Waals surface area contributed by atoms with Crippen LogP contribution in [-0.4, -0.2) is 56.6 Å². The Morgan fingerprint density at radius 2 is 1.72 bits per heavy atom. The van der Waals surface area contributed by atoms with Gasteiger partial charge < -0.3 is 19.9 Å². The van der Waals surface area contributed by atoms with Crippen LogP contribution in [0, 0.1) is 10.1 Å². The number of fused-ring (bicyclic) bond motifs is 1. The zero-order valence-electron chi connectivity index (χ0n) is 20.9. The van der Waals surface area contributed by atoms with E-state index in [1.165, 1.54) is 0 Å². The maximum Gasteiger partial charge on any atom is 0.269 e. The van der Waals surface area contributed by atoms with E-state index < -0.39 is 26.9 Å². The van der Waals surface area contributed by atoms with Gasteiger partial charge in [-0.15, -0.1) is 0 Å². The zero-order chi connectivity index (χ0) is 27.4. The molecule has 1 aliphatic heterocycles. The van der Waals surface area contributed by atoms with Crippen LogP contribution in [0.5, 0.6) is 0 Å². The lowest BCUT2D eigenvalue weighted by molar-refractivity contribution is -0.384. The van der Waals surface area contributed by atoms with E-state index in [1.54, 1.807) is 18.3 Å². The summed E-state index contributed by atoms with van der Waals surface area (Å²) in [6.45, 7) is 2.87. The van der Waals surface area contributed by atoms with Crippen molar-refractivity contribution >= 4 is 43.9 Å². The van der Waals surface area contributed by atoms with E-state index in [2.05, 4.69) is 19.9 Å². The summed E-state index contributed by atoms with van der Waals surface area (Å²) in [5.74, 6) is -0.537. The molecule has 1 saturated heterocycles. The first-order chi connectivity index (χ1) is 18.8. The highest BCUT2D eigenvalue weighted by atomic mass is 32.2. The Balaban J connectivity index is 1.38. The molecule has 1 amide bonds. The Labute approximate surface area is 225 Å². The number of nitrogens with zero attached hydrogens (tertiary/aromatic N) is 2. The minimum Gasteiger partial charge on any atom is -0.378 e. The third-order valence-corrected chi connectivity index (χ3v) is 8.07. The standard InChI is InChI=1S/C27H27N5O6S/c33-27(29-20-5-7-21(8-6-20)31-13-15-38-16-14-31)26(17-19-18-28-25-4-2-1-3-24(19)25)30-39(36,37)23-11-9-22(10-12-23)32(34)35/h1-12,18,26,28,30H,13-17H2,(H,29,33). The molecule has 1 aromatic heterocycles. The van der Waals surface area contributed by atoms with Crippen LogP contribution in [-0.2, 0) is 26.0 Å². The molecule has 1 atom stereocenters. The van der Waals surface area contributed by atoms with Gasteiger partial charge in [-0.05, 0) is 54.4 Å². The molecule has 4 aromatic rings. The Morgan fingerprint density at radius 1 is 1.03 bits per heavy atom. The van der Waals surface area contributed by atoms with Gasteiger partial charge in [0, 0.05) is 53.7 Å². The quantitative estimate of drug-likeness (QED) is 0.214. The second kappa shape index (κ2) is 11.2. The molecule has 12 heteroatoms. The molecule has 2 heterocycles. The maximum atomic E-state index is 13.4. The van der Waals surface area contributed by atoms with Crippen LogP contribution < -0.4 is 14.9 Å². The smallest absolute Gasteiger partial charge is 0.269 e. The number of morpholine rings is 1. The van der Waals surface area contributed by atoms with Crippen molar-refractivity contribution in [2.45, 2.75) is 17.4 Å². The molecule has 3 aromatic carbocycles. The van der Waals surface area contributed by atoms with E-state index in [-0.39, 0.29) is 17.0 Å². The largest absolute Gasteiger partial charge is 0.378 e. The van der Waals surface area contributed by atoms with Crippen LogP contribution in [0.2, 0.25) is 0 Å². The number of carbonyl (C=O) groups excluding carboxylic acids is 1. The number of aromatic nitrogens is 1. The van der Waals surface area contributed by atoms with Crippen molar-refractivity contribution in [2.24, 2.45) is 0 Å². The van der Waals surface area contributed by atoms with E-state index in [0.29, 0.717) is 18.9 Å². The van der Waals surface area contributed by atoms with Gasteiger partial charge in [0.05, 0.1) is 23.0 Å². The Bertz CT molecular complexity index is 1580.